The van der Waals surface area contributed by atoms with E-state index in [1.165, 1.54) is 10.4 Å². The summed E-state index contributed by atoms with van der Waals surface area (Å²) in [4.78, 5) is 6.92. The normalized spacial score (nSPS) is 11.5. The molecule has 0 atom stereocenters. The first-order valence-electron chi connectivity index (χ1n) is 7.48. The summed E-state index contributed by atoms with van der Waals surface area (Å²) in [7, 11) is 4.04. The van der Waals surface area contributed by atoms with E-state index in [9.17, 15) is 0 Å². The monoisotopic (exact) mass is 318 g/mol. The summed E-state index contributed by atoms with van der Waals surface area (Å²) in [6, 6.07) is 2.12. The van der Waals surface area contributed by atoms with Crippen LogP contribution in [0, 0.1) is 20.8 Å². The van der Waals surface area contributed by atoms with Gasteiger partial charge in [-0.05, 0) is 33.3 Å². The number of aromatic nitrogens is 5. The van der Waals surface area contributed by atoms with Crippen molar-refractivity contribution in [2.75, 3.05) is 18.5 Å². The summed E-state index contributed by atoms with van der Waals surface area (Å²) in [5, 5.41) is 9.96. The van der Waals surface area contributed by atoms with E-state index >= 15 is 0 Å². The van der Waals surface area contributed by atoms with Gasteiger partial charge < -0.3 is 4.90 Å². The van der Waals surface area contributed by atoms with E-state index in [0.717, 1.165) is 41.7 Å². The fourth-order valence-electron chi connectivity index (χ4n) is 2.69. The molecule has 0 bridgehead atoms. The number of fused-ring (bicyclic) bond motifs is 1. The lowest BCUT2D eigenvalue weighted by Gasteiger charge is -2.15. The highest BCUT2D eigenvalue weighted by molar-refractivity contribution is 7.22. The molecule has 3 rings (SSSR count). The summed E-state index contributed by atoms with van der Waals surface area (Å²) in [6.07, 6.45) is 1.05. The Morgan fingerprint density at radius 1 is 1.23 bits per heavy atom. The molecule has 7 heteroatoms. The van der Waals surface area contributed by atoms with Crippen LogP contribution in [0.4, 0.5) is 5.13 Å². The summed E-state index contributed by atoms with van der Waals surface area (Å²) in [6.45, 7) is 8.08. The molecule has 0 amide bonds. The molecule has 118 valence electrons. The number of anilines is 1. The molecular weight excluding hydrogens is 296 g/mol. The van der Waals surface area contributed by atoms with Gasteiger partial charge in [0.2, 0.25) is 0 Å². The molecule has 0 saturated heterocycles. The van der Waals surface area contributed by atoms with Crippen LogP contribution in [0.5, 0.6) is 0 Å². The lowest BCUT2D eigenvalue weighted by atomic mass is 10.3. The highest BCUT2D eigenvalue weighted by atomic mass is 32.1. The van der Waals surface area contributed by atoms with Gasteiger partial charge in [0.05, 0.1) is 16.1 Å². The van der Waals surface area contributed by atoms with Gasteiger partial charge in [-0.1, -0.05) is 11.3 Å². The maximum Gasteiger partial charge on any atom is 0.187 e. The second-order valence-corrected chi connectivity index (χ2v) is 6.76. The van der Waals surface area contributed by atoms with Crippen LogP contribution in [0.25, 0.3) is 10.3 Å². The van der Waals surface area contributed by atoms with Crippen molar-refractivity contribution in [3.63, 3.8) is 0 Å². The Labute approximate surface area is 134 Å². The van der Waals surface area contributed by atoms with Crippen molar-refractivity contribution in [2.24, 2.45) is 7.05 Å². The van der Waals surface area contributed by atoms with Gasteiger partial charge in [0, 0.05) is 32.9 Å². The molecule has 0 aliphatic carbocycles. The zero-order chi connectivity index (χ0) is 15.9. The zero-order valence-electron chi connectivity index (χ0n) is 13.8. The van der Waals surface area contributed by atoms with Gasteiger partial charge in [0.25, 0.3) is 0 Å². The minimum atomic E-state index is 0.940. The van der Waals surface area contributed by atoms with Gasteiger partial charge in [-0.3, -0.25) is 4.68 Å². The van der Waals surface area contributed by atoms with Gasteiger partial charge in [-0.15, -0.1) is 0 Å². The van der Waals surface area contributed by atoms with Crippen LogP contribution in [0.15, 0.2) is 6.07 Å². The van der Waals surface area contributed by atoms with Crippen LogP contribution in [0.2, 0.25) is 0 Å². The van der Waals surface area contributed by atoms with Crippen LogP contribution in [0.3, 0.4) is 0 Å². The van der Waals surface area contributed by atoms with Crippen LogP contribution in [-0.4, -0.2) is 38.1 Å². The van der Waals surface area contributed by atoms with Crippen molar-refractivity contribution < 1.29 is 0 Å². The second-order valence-electron chi connectivity index (χ2n) is 5.78. The number of aryl methyl sites for hydroxylation is 5. The summed E-state index contributed by atoms with van der Waals surface area (Å²) in [5.41, 5.74) is 4.34. The molecule has 3 aromatic heterocycles. The molecule has 0 unspecified atom stereocenters. The van der Waals surface area contributed by atoms with Crippen LogP contribution >= 0.6 is 11.3 Å². The average molecular weight is 318 g/mol. The number of hydrogen-bond acceptors (Lipinski definition) is 5. The first-order valence-corrected chi connectivity index (χ1v) is 8.29. The molecule has 22 heavy (non-hydrogen) atoms. The predicted octanol–water partition coefficient (Wildman–Crippen LogP) is 2.68. The highest BCUT2D eigenvalue weighted by Gasteiger charge is 2.14. The summed E-state index contributed by atoms with van der Waals surface area (Å²) < 4.78 is 5.12. The fourth-order valence-corrected chi connectivity index (χ4v) is 3.71. The smallest absolute Gasteiger partial charge is 0.187 e. The quantitative estimate of drug-likeness (QED) is 0.726. The molecule has 0 N–H and O–H groups in total. The van der Waals surface area contributed by atoms with Crippen molar-refractivity contribution in [3.05, 3.63) is 23.1 Å². The Balaban J connectivity index is 1.64. The van der Waals surface area contributed by atoms with Gasteiger partial charge in [0.1, 0.15) is 0 Å². The number of rotatable bonds is 5. The van der Waals surface area contributed by atoms with E-state index in [2.05, 4.69) is 39.8 Å². The number of thiazole rings is 1. The lowest BCUT2D eigenvalue weighted by Crippen LogP contribution is -2.20. The predicted molar refractivity (Wildman–Crippen MR) is 90.7 cm³/mol. The largest absolute Gasteiger partial charge is 0.351 e. The van der Waals surface area contributed by atoms with Crippen molar-refractivity contribution in [1.82, 2.24) is 24.5 Å². The molecule has 3 aromatic rings. The van der Waals surface area contributed by atoms with E-state index in [-0.39, 0.29) is 0 Å². The Bertz CT molecular complexity index is 762. The van der Waals surface area contributed by atoms with Gasteiger partial charge in [-0.2, -0.15) is 10.2 Å². The van der Waals surface area contributed by atoms with E-state index < -0.39 is 0 Å². The molecule has 0 spiro atoms. The van der Waals surface area contributed by atoms with E-state index in [0.29, 0.717) is 0 Å². The fraction of sp³-hybridized carbons (Fsp3) is 0.533. The van der Waals surface area contributed by atoms with E-state index in [4.69, 9.17) is 4.98 Å². The zero-order valence-corrected chi connectivity index (χ0v) is 14.6. The third-order valence-electron chi connectivity index (χ3n) is 3.83. The van der Waals surface area contributed by atoms with Crippen LogP contribution in [0.1, 0.15) is 23.5 Å². The Hall–Kier alpha value is -1.89. The van der Waals surface area contributed by atoms with E-state index in [1.807, 2.05) is 25.6 Å². The van der Waals surface area contributed by atoms with Gasteiger partial charge >= 0.3 is 0 Å². The average Bonchev–Trinajstić information content (AvgIpc) is 3.08. The van der Waals surface area contributed by atoms with Crippen molar-refractivity contribution in [3.8, 4) is 0 Å². The summed E-state index contributed by atoms with van der Waals surface area (Å²) >= 11 is 1.72. The number of hydrogen-bond donors (Lipinski definition) is 0. The molecule has 0 fully saturated rings. The molecule has 3 heterocycles. The molecular formula is C15H22N6S. The van der Waals surface area contributed by atoms with Crippen LogP contribution in [-0.2, 0) is 13.6 Å². The Morgan fingerprint density at radius 2 is 2.00 bits per heavy atom. The SMILES string of the molecule is Cc1cc(C)n(CCCN(C)c2nc3c(s2)c(C)nn3C)n1. The standard InChI is InChI=1S/C15H22N6S/c1-10-9-11(2)21(17-10)8-6-7-19(4)15-16-14-13(22-15)12(3)18-20(14)5/h9H,6-8H2,1-5H3. The lowest BCUT2D eigenvalue weighted by molar-refractivity contribution is 0.562. The molecule has 0 radical (unpaired) electrons. The van der Waals surface area contributed by atoms with Crippen molar-refractivity contribution in [2.45, 2.75) is 33.7 Å². The first-order chi connectivity index (χ1) is 10.5. The highest BCUT2D eigenvalue weighted by Crippen LogP contribution is 2.30. The Kier molecular flexibility index (Phi) is 3.90. The maximum atomic E-state index is 4.70. The Morgan fingerprint density at radius 3 is 2.64 bits per heavy atom. The molecule has 0 saturated carbocycles. The molecule has 6 nitrogen and oxygen atoms in total. The molecule has 0 aliphatic rings. The van der Waals surface area contributed by atoms with Gasteiger partial charge in [-0.25, -0.2) is 9.67 Å². The second kappa shape index (κ2) is 5.72. The van der Waals surface area contributed by atoms with Gasteiger partial charge in [0.15, 0.2) is 10.8 Å². The molecule has 0 aliphatic heterocycles. The maximum absolute atomic E-state index is 4.70. The molecule has 0 aromatic carbocycles. The third-order valence-corrected chi connectivity index (χ3v) is 5.09. The van der Waals surface area contributed by atoms with Crippen molar-refractivity contribution >= 4 is 26.8 Å². The minimum Gasteiger partial charge on any atom is -0.351 e. The van der Waals surface area contributed by atoms with Crippen LogP contribution < -0.4 is 4.90 Å². The number of nitrogens with zero attached hydrogens (tertiary/aromatic N) is 6. The van der Waals surface area contributed by atoms with E-state index in [1.54, 1.807) is 11.3 Å². The third kappa shape index (κ3) is 2.72. The topological polar surface area (TPSA) is 51.8 Å². The minimum absolute atomic E-state index is 0.940. The van der Waals surface area contributed by atoms with Crippen molar-refractivity contribution in [1.29, 1.82) is 0 Å². The first kappa shape index (κ1) is 15.0. The summed E-state index contributed by atoms with van der Waals surface area (Å²) in [5.74, 6) is 0.